The molecule has 2 rings (SSSR count). The largest absolute Gasteiger partial charge is 0.417 e. The smallest absolute Gasteiger partial charge is 0.329 e. The predicted molar refractivity (Wildman–Crippen MR) is 76.7 cm³/mol. The van der Waals surface area contributed by atoms with E-state index in [1.54, 1.807) is 0 Å². The third-order valence-electron chi connectivity index (χ3n) is 4.03. The summed E-state index contributed by atoms with van der Waals surface area (Å²) in [6.07, 6.45) is -2.10. The Morgan fingerprint density at radius 1 is 1.30 bits per heavy atom. The minimum Gasteiger partial charge on any atom is -0.329 e. The summed E-state index contributed by atoms with van der Waals surface area (Å²) < 4.78 is 66.2. The number of halogens is 3. The number of hydrogen-bond donors (Lipinski definition) is 2. The molecule has 0 amide bonds. The van der Waals surface area contributed by atoms with Gasteiger partial charge in [-0.1, -0.05) is 12.8 Å². The summed E-state index contributed by atoms with van der Waals surface area (Å²) in [6.45, 7) is 0.0780. The fourth-order valence-electron chi connectivity index (χ4n) is 2.77. The van der Waals surface area contributed by atoms with Crippen LogP contribution in [0.4, 0.5) is 13.2 Å². The lowest BCUT2D eigenvalue weighted by Gasteiger charge is -2.28. The molecule has 1 aliphatic carbocycles. The highest BCUT2D eigenvalue weighted by Crippen LogP contribution is 2.34. The summed E-state index contributed by atoms with van der Waals surface area (Å²) in [5.41, 5.74) is 2.95. The van der Waals surface area contributed by atoms with E-state index in [0.717, 1.165) is 25.0 Å². The molecule has 0 aromatic heterocycles. The second-order valence-electron chi connectivity index (χ2n) is 5.61. The third-order valence-corrected chi connectivity index (χ3v) is 5.61. The average Bonchev–Trinajstić information content (AvgIpc) is 2.94. The molecule has 0 spiro atoms. The minimum absolute atomic E-state index is 0.0780. The molecule has 1 aromatic rings. The molecular weight excluding hydrogens is 331 g/mol. The van der Waals surface area contributed by atoms with Gasteiger partial charge in [0, 0.05) is 12.1 Å². The van der Waals surface area contributed by atoms with Gasteiger partial charge in [-0.2, -0.15) is 18.4 Å². The Morgan fingerprint density at radius 3 is 2.39 bits per heavy atom. The van der Waals surface area contributed by atoms with Gasteiger partial charge in [0.2, 0.25) is 10.0 Å². The first-order chi connectivity index (χ1) is 10.6. The molecule has 0 aliphatic heterocycles. The molecule has 3 N–H and O–H groups in total. The SMILES string of the molecule is N#Cc1ccc(S(=O)(=O)NC2(CN)CCCC2)cc1C(F)(F)F. The highest BCUT2D eigenvalue weighted by atomic mass is 32.2. The molecule has 0 saturated heterocycles. The number of alkyl halides is 3. The zero-order chi connectivity index (χ0) is 17.3. The first-order valence-corrected chi connectivity index (χ1v) is 8.47. The molecule has 0 unspecified atom stereocenters. The summed E-state index contributed by atoms with van der Waals surface area (Å²) in [6, 6.07) is 3.76. The number of rotatable bonds is 4. The molecule has 0 radical (unpaired) electrons. The Bertz CT molecular complexity index is 733. The number of benzene rings is 1. The van der Waals surface area contributed by atoms with Crippen molar-refractivity contribution in [3.63, 3.8) is 0 Å². The second-order valence-corrected chi connectivity index (χ2v) is 7.30. The van der Waals surface area contributed by atoms with Crippen molar-refractivity contribution in [3.8, 4) is 6.07 Å². The molecule has 5 nitrogen and oxygen atoms in total. The van der Waals surface area contributed by atoms with Gasteiger partial charge >= 0.3 is 6.18 Å². The fraction of sp³-hybridized carbons (Fsp3) is 0.500. The summed E-state index contributed by atoms with van der Waals surface area (Å²) in [5.74, 6) is 0. The van der Waals surface area contributed by atoms with Crippen molar-refractivity contribution >= 4 is 10.0 Å². The maximum atomic E-state index is 13.0. The van der Waals surface area contributed by atoms with Crippen molar-refractivity contribution in [2.75, 3.05) is 6.54 Å². The van der Waals surface area contributed by atoms with Crippen LogP contribution in [0.25, 0.3) is 0 Å². The molecule has 1 fully saturated rings. The second kappa shape index (κ2) is 6.11. The van der Waals surface area contributed by atoms with Gasteiger partial charge in [0.25, 0.3) is 0 Å². The van der Waals surface area contributed by atoms with E-state index in [9.17, 15) is 21.6 Å². The molecule has 126 valence electrons. The maximum Gasteiger partial charge on any atom is 0.417 e. The maximum absolute atomic E-state index is 13.0. The zero-order valence-corrected chi connectivity index (χ0v) is 13.0. The van der Waals surface area contributed by atoms with Crippen LogP contribution in [0.3, 0.4) is 0 Å². The van der Waals surface area contributed by atoms with Gasteiger partial charge in [-0.3, -0.25) is 0 Å². The van der Waals surface area contributed by atoms with Crippen molar-refractivity contribution in [1.82, 2.24) is 4.72 Å². The number of hydrogen-bond acceptors (Lipinski definition) is 4. The van der Waals surface area contributed by atoms with E-state index in [0.29, 0.717) is 18.9 Å². The topological polar surface area (TPSA) is 96.0 Å². The van der Waals surface area contributed by atoms with Crippen LogP contribution in [0.2, 0.25) is 0 Å². The van der Waals surface area contributed by atoms with Gasteiger partial charge < -0.3 is 5.73 Å². The van der Waals surface area contributed by atoms with Crippen LogP contribution in [0.5, 0.6) is 0 Å². The lowest BCUT2D eigenvalue weighted by Crippen LogP contribution is -2.51. The van der Waals surface area contributed by atoms with Crippen LogP contribution in [-0.2, 0) is 16.2 Å². The lowest BCUT2D eigenvalue weighted by molar-refractivity contribution is -0.137. The lowest BCUT2D eigenvalue weighted by atomic mass is 10.0. The quantitative estimate of drug-likeness (QED) is 0.872. The highest BCUT2D eigenvalue weighted by molar-refractivity contribution is 7.89. The van der Waals surface area contributed by atoms with Gasteiger partial charge in [-0.05, 0) is 31.0 Å². The summed E-state index contributed by atoms with van der Waals surface area (Å²) in [7, 11) is -4.16. The first-order valence-electron chi connectivity index (χ1n) is 6.99. The summed E-state index contributed by atoms with van der Waals surface area (Å²) in [5, 5.41) is 8.75. The number of nitrogens with one attached hydrogen (secondary N) is 1. The zero-order valence-electron chi connectivity index (χ0n) is 12.2. The average molecular weight is 347 g/mol. The third kappa shape index (κ3) is 3.65. The molecule has 1 saturated carbocycles. The Kier molecular flexibility index (Phi) is 4.71. The van der Waals surface area contributed by atoms with E-state index < -0.39 is 37.8 Å². The Balaban J connectivity index is 2.43. The predicted octanol–water partition coefficient (Wildman–Crippen LogP) is 2.13. The molecule has 23 heavy (non-hydrogen) atoms. The standard InChI is InChI=1S/C14H16F3N3O2S/c15-14(16,17)12-7-11(4-3-10(12)8-18)23(21,22)20-13(9-19)5-1-2-6-13/h3-4,7,20H,1-2,5-6,9,19H2. The van der Waals surface area contributed by atoms with Crippen molar-refractivity contribution in [2.24, 2.45) is 5.73 Å². The van der Waals surface area contributed by atoms with Crippen LogP contribution in [-0.4, -0.2) is 20.5 Å². The molecule has 1 aliphatic rings. The molecule has 0 heterocycles. The molecular formula is C14H16F3N3O2S. The van der Waals surface area contributed by atoms with Gasteiger partial charge in [-0.25, -0.2) is 13.1 Å². The van der Waals surface area contributed by atoms with E-state index in [2.05, 4.69) is 4.72 Å². The first kappa shape index (κ1) is 17.7. The normalized spacial score (nSPS) is 17.9. The number of nitrogens with two attached hydrogens (primary N) is 1. The van der Waals surface area contributed by atoms with Crippen molar-refractivity contribution in [2.45, 2.75) is 42.3 Å². The van der Waals surface area contributed by atoms with E-state index in [1.165, 1.54) is 6.07 Å². The Morgan fingerprint density at radius 2 is 1.91 bits per heavy atom. The van der Waals surface area contributed by atoms with Crippen LogP contribution < -0.4 is 10.5 Å². The van der Waals surface area contributed by atoms with Crippen molar-refractivity contribution < 1.29 is 21.6 Å². The minimum atomic E-state index is -4.81. The highest BCUT2D eigenvalue weighted by Gasteiger charge is 2.39. The van der Waals surface area contributed by atoms with Crippen LogP contribution in [0.15, 0.2) is 23.1 Å². The number of sulfonamides is 1. The summed E-state index contributed by atoms with van der Waals surface area (Å²) in [4.78, 5) is -0.524. The molecule has 0 bridgehead atoms. The van der Waals surface area contributed by atoms with Gasteiger partial charge in [0.05, 0.1) is 22.1 Å². The number of nitrogens with zero attached hydrogens (tertiary/aromatic N) is 1. The monoisotopic (exact) mass is 347 g/mol. The van der Waals surface area contributed by atoms with Crippen molar-refractivity contribution in [1.29, 1.82) is 5.26 Å². The number of nitriles is 1. The van der Waals surface area contributed by atoms with Crippen molar-refractivity contribution in [3.05, 3.63) is 29.3 Å². The van der Waals surface area contributed by atoms with Gasteiger partial charge in [-0.15, -0.1) is 0 Å². The van der Waals surface area contributed by atoms with E-state index in [-0.39, 0.29) is 6.54 Å². The Hall–Kier alpha value is -1.63. The van der Waals surface area contributed by atoms with Crippen LogP contribution in [0, 0.1) is 11.3 Å². The van der Waals surface area contributed by atoms with E-state index >= 15 is 0 Å². The van der Waals surface area contributed by atoms with E-state index in [1.807, 2.05) is 0 Å². The van der Waals surface area contributed by atoms with Gasteiger partial charge in [0.15, 0.2) is 0 Å². The molecule has 9 heteroatoms. The fourth-order valence-corrected chi connectivity index (χ4v) is 4.26. The van der Waals surface area contributed by atoms with E-state index in [4.69, 9.17) is 11.0 Å². The molecule has 1 aromatic carbocycles. The Labute approximate surface area is 132 Å². The summed E-state index contributed by atoms with van der Waals surface area (Å²) >= 11 is 0. The van der Waals surface area contributed by atoms with Crippen LogP contribution >= 0.6 is 0 Å². The molecule has 0 atom stereocenters. The van der Waals surface area contributed by atoms with Gasteiger partial charge in [0.1, 0.15) is 0 Å². The van der Waals surface area contributed by atoms with Crippen LogP contribution in [0.1, 0.15) is 36.8 Å².